The Morgan fingerprint density at radius 2 is 1.04 bits per heavy atom. The molecule has 3 nitrogen and oxygen atoms in total. The molecule has 0 aliphatic rings. The highest BCUT2D eigenvalue weighted by atomic mass is 16.3. The highest BCUT2D eigenvalue weighted by Crippen LogP contribution is 2.41. The van der Waals surface area contributed by atoms with Crippen molar-refractivity contribution in [2.24, 2.45) is 0 Å². The molecule has 3 heteroatoms. The number of nitrogens with zero attached hydrogens (tertiary/aromatic N) is 2. The fraction of sp³-hybridized carbons (Fsp3) is 0.0870. The summed E-state index contributed by atoms with van der Waals surface area (Å²) in [6, 6.07) is 58.8. The van der Waals surface area contributed by atoms with Gasteiger partial charge in [0.15, 0.2) is 0 Å². The molecule has 0 saturated heterocycles. The first-order chi connectivity index (χ1) is 23.9. The number of anilines is 3. The molecule has 49 heavy (non-hydrogen) atoms. The molecule has 0 unspecified atom stereocenters. The number of hydrogen-bond acceptors (Lipinski definition) is 2. The van der Waals surface area contributed by atoms with Crippen molar-refractivity contribution in [2.75, 3.05) is 4.90 Å². The molecule has 0 saturated carbocycles. The molecule has 0 radical (unpaired) electrons. The minimum Gasteiger partial charge on any atom is -0.456 e. The average Bonchev–Trinajstić information content (AvgIpc) is 3.67. The molecule has 0 aliphatic heterocycles. The van der Waals surface area contributed by atoms with Crippen molar-refractivity contribution in [3.63, 3.8) is 0 Å². The zero-order chi connectivity index (χ0) is 33.1. The lowest BCUT2D eigenvalue weighted by Crippen LogP contribution is -2.10. The number of para-hydroxylation sites is 3. The molecule has 0 spiro atoms. The number of rotatable bonds is 5. The standard InChI is InChI=1S/C46H36N2O/c1-46(2,3)33-21-26-43-40(29-33)39-28-32(20-25-42(39)48(43)35-14-8-5-9-15-35)31-18-22-36(23-19-31)47(34-12-6-4-7-13-34)37-24-27-45-41(30-37)38-16-10-11-17-44(38)49-45/h4-30H,1-3H3. The molecule has 9 aromatic rings. The highest BCUT2D eigenvalue weighted by molar-refractivity contribution is 6.11. The molecular formula is C46H36N2O. The van der Waals surface area contributed by atoms with Crippen molar-refractivity contribution in [1.29, 1.82) is 0 Å². The maximum absolute atomic E-state index is 6.15. The molecule has 0 aliphatic carbocycles. The molecular weight excluding hydrogens is 597 g/mol. The maximum atomic E-state index is 6.15. The predicted octanol–water partition coefficient (Wildman–Crippen LogP) is 13.1. The first-order valence-electron chi connectivity index (χ1n) is 16.9. The number of hydrogen-bond donors (Lipinski definition) is 0. The van der Waals surface area contributed by atoms with Gasteiger partial charge in [-0.25, -0.2) is 0 Å². The Labute approximate surface area is 286 Å². The van der Waals surface area contributed by atoms with E-state index >= 15 is 0 Å². The fourth-order valence-corrected chi connectivity index (χ4v) is 7.20. The third kappa shape index (κ3) is 4.98. The minimum absolute atomic E-state index is 0.0582. The van der Waals surface area contributed by atoms with Crippen LogP contribution in [0.3, 0.4) is 0 Å². The first kappa shape index (κ1) is 29.1. The van der Waals surface area contributed by atoms with Crippen LogP contribution in [0.4, 0.5) is 17.1 Å². The first-order valence-corrected chi connectivity index (χ1v) is 16.9. The van der Waals surface area contributed by atoms with Gasteiger partial charge in [-0.15, -0.1) is 0 Å². The molecule has 0 bridgehead atoms. The van der Waals surface area contributed by atoms with Crippen molar-refractivity contribution in [2.45, 2.75) is 26.2 Å². The van der Waals surface area contributed by atoms with Gasteiger partial charge in [-0.05, 0) is 107 Å². The Balaban J connectivity index is 1.16. The van der Waals surface area contributed by atoms with Crippen LogP contribution in [0.2, 0.25) is 0 Å². The van der Waals surface area contributed by atoms with E-state index in [2.05, 4.69) is 182 Å². The lowest BCUT2D eigenvalue weighted by molar-refractivity contribution is 0.591. The molecule has 7 aromatic carbocycles. The van der Waals surface area contributed by atoms with Gasteiger partial charge in [-0.3, -0.25) is 0 Å². The normalized spacial score (nSPS) is 12.0. The van der Waals surface area contributed by atoms with Gasteiger partial charge in [0.25, 0.3) is 0 Å². The third-order valence-corrected chi connectivity index (χ3v) is 9.74. The SMILES string of the molecule is CC(C)(C)c1ccc2c(c1)c1cc(-c3ccc(N(c4ccccc4)c4ccc5oc6ccccc6c5c4)cc3)ccc1n2-c1ccccc1. The van der Waals surface area contributed by atoms with Crippen LogP contribution >= 0.6 is 0 Å². The summed E-state index contributed by atoms with van der Waals surface area (Å²) in [6.07, 6.45) is 0. The van der Waals surface area contributed by atoms with E-state index < -0.39 is 0 Å². The monoisotopic (exact) mass is 632 g/mol. The van der Waals surface area contributed by atoms with Gasteiger partial charge in [0, 0.05) is 44.3 Å². The lowest BCUT2D eigenvalue weighted by atomic mass is 9.86. The van der Waals surface area contributed by atoms with Crippen LogP contribution in [0.25, 0.3) is 60.6 Å². The van der Waals surface area contributed by atoms with E-state index in [0.717, 1.165) is 39.0 Å². The average molecular weight is 633 g/mol. The Kier molecular flexibility index (Phi) is 6.70. The summed E-state index contributed by atoms with van der Waals surface area (Å²) >= 11 is 0. The van der Waals surface area contributed by atoms with Gasteiger partial charge in [0.05, 0.1) is 11.0 Å². The largest absolute Gasteiger partial charge is 0.456 e. The van der Waals surface area contributed by atoms with E-state index in [0.29, 0.717) is 0 Å². The Morgan fingerprint density at radius 3 is 1.80 bits per heavy atom. The Bertz CT molecular complexity index is 2620. The van der Waals surface area contributed by atoms with E-state index in [1.165, 1.54) is 44.2 Å². The van der Waals surface area contributed by atoms with E-state index in [9.17, 15) is 0 Å². The van der Waals surface area contributed by atoms with Crippen LogP contribution in [0.5, 0.6) is 0 Å². The lowest BCUT2D eigenvalue weighted by Gasteiger charge is -2.25. The molecule has 236 valence electrons. The zero-order valence-electron chi connectivity index (χ0n) is 27.9. The number of benzene rings is 7. The number of furan rings is 1. The summed E-state index contributed by atoms with van der Waals surface area (Å²) in [5.74, 6) is 0. The summed E-state index contributed by atoms with van der Waals surface area (Å²) < 4.78 is 8.54. The van der Waals surface area contributed by atoms with Crippen LogP contribution < -0.4 is 4.90 Å². The summed E-state index contributed by atoms with van der Waals surface area (Å²) in [7, 11) is 0. The van der Waals surface area contributed by atoms with E-state index in [-0.39, 0.29) is 5.41 Å². The van der Waals surface area contributed by atoms with Gasteiger partial charge >= 0.3 is 0 Å². The van der Waals surface area contributed by atoms with Crippen molar-refractivity contribution >= 4 is 60.8 Å². The van der Waals surface area contributed by atoms with Gasteiger partial charge < -0.3 is 13.9 Å². The summed E-state index contributed by atoms with van der Waals surface area (Å²) in [4.78, 5) is 2.32. The molecule has 2 heterocycles. The Morgan fingerprint density at radius 1 is 0.449 bits per heavy atom. The molecule has 0 amide bonds. The van der Waals surface area contributed by atoms with Crippen molar-refractivity contribution < 1.29 is 4.42 Å². The van der Waals surface area contributed by atoms with Crippen molar-refractivity contribution in [3.05, 3.63) is 169 Å². The van der Waals surface area contributed by atoms with Gasteiger partial charge in [-0.2, -0.15) is 0 Å². The van der Waals surface area contributed by atoms with Crippen LogP contribution in [-0.4, -0.2) is 4.57 Å². The second-order valence-corrected chi connectivity index (χ2v) is 13.9. The molecule has 9 rings (SSSR count). The minimum atomic E-state index is 0.0582. The fourth-order valence-electron chi connectivity index (χ4n) is 7.20. The topological polar surface area (TPSA) is 21.3 Å². The van der Waals surface area contributed by atoms with E-state index in [4.69, 9.17) is 4.42 Å². The number of fused-ring (bicyclic) bond motifs is 6. The Hall–Kier alpha value is -6.06. The summed E-state index contributed by atoms with van der Waals surface area (Å²) in [5, 5.41) is 4.78. The van der Waals surface area contributed by atoms with Crippen molar-refractivity contribution in [1.82, 2.24) is 4.57 Å². The molecule has 0 fully saturated rings. The molecule has 2 aromatic heterocycles. The second kappa shape index (κ2) is 11.3. The van der Waals surface area contributed by atoms with Crippen LogP contribution in [0.15, 0.2) is 168 Å². The van der Waals surface area contributed by atoms with Crippen LogP contribution in [-0.2, 0) is 5.41 Å². The van der Waals surface area contributed by atoms with Gasteiger partial charge in [0.1, 0.15) is 11.2 Å². The summed E-state index contributed by atoms with van der Waals surface area (Å²) in [6.45, 7) is 6.85. The third-order valence-electron chi connectivity index (χ3n) is 9.74. The second-order valence-electron chi connectivity index (χ2n) is 13.9. The smallest absolute Gasteiger partial charge is 0.135 e. The van der Waals surface area contributed by atoms with E-state index in [1.807, 2.05) is 12.1 Å². The quantitative estimate of drug-likeness (QED) is 0.188. The molecule has 0 atom stereocenters. The van der Waals surface area contributed by atoms with Crippen molar-refractivity contribution in [3.8, 4) is 16.8 Å². The number of aromatic nitrogens is 1. The van der Waals surface area contributed by atoms with E-state index in [1.54, 1.807) is 0 Å². The predicted molar refractivity (Wildman–Crippen MR) is 207 cm³/mol. The summed E-state index contributed by atoms with van der Waals surface area (Å²) in [5.41, 5.74) is 12.5. The van der Waals surface area contributed by atoms with Crippen LogP contribution in [0.1, 0.15) is 26.3 Å². The van der Waals surface area contributed by atoms with Gasteiger partial charge in [0.2, 0.25) is 0 Å². The highest BCUT2D eigenvalue weighted by Gasteiger charge is 2.19. The zero-order valence-corrected chi connectivity index (χ0v) is 27.9. The molecule has 0 N–H and O–H groups in total. The van der Waals surface area contributed by atoms with Crippen LogP contribution in [0, 0.1) is 0 Å². The maximum Gasteiger partial charge on any atom is 0.135 e. The van der Waals surface area contributed by atoms with Gasteiger partial charge in [-0.1, -0.05) is 99.6 Å².